The minimum Gasteiger partial charge on any atom is -0.385 e. The number of hydrogen-bond donors (Lipinski definition) is 2. The van der Waals surface area contributed by atoms with E-state index in [0.717, 1.165) is 11.3 Å². The predicted molar refractivity (Wildman–Crippen MR) is 74.2 cm³/mol. The fourth-order valence-electron chi connectivity index (χ4n) is 1.22. The summed E-state index contributed by atoms with van der Waals surface area (Å²) in [6.45, 7) is 1.08. The maximum Gasteiger partial charge on any atom is 0.249 e. The summed E-state index contributed by atoms with van der Waals surface area (Å²) in [4.78, 5) is 23.6. The van der Waals surface area contributed by atoms with Crippen LogP contribution in [0, 0.1) is 0 Å². The van der Waals surface area contributed by atoms with Gasteiger partial charge in [-0.3, -0.25) is 9.59 Å². The second kappa shape index (κ2) is 9.23. The van der Waals surface area contributed by atoms with E-state index in [-0.39, 0.29) is 12.3 Å². The molecule has 0 aliphatic rings. The number of hydrogen-bond acceptors (Lipinski definition) is 5. The molecule has 2 N–H and O–H groups in total. The smallest absolute Gasteiger partial charge is 0.249 e. The Balaban J connectivity index is 2.14. The number of nitrogens with zero attached hydrogens (tertiary/aromatic N) is 1. The summed E-state index contributed by atoms with van der Waals surface area (Å²) in [5.74, 6) is -0.753. The van der Waals surface area contributed by atoms with E-state index >= 15 is 0 Å². The highest BCUT2D eigenvalue weighted by molar-refractivity contribution is 7.11. The van der Waals surface area contributed by atoms with Crippen molar-refractivity contribution in [3.8, 4) is 0 Å². The molecule has 0 aromatic carbocycles. The van der Waals surface area contributed by atoms with Crippen LogP contribution in [0.25, 0.3) is 0 Å². The molecule has 0 radical (unpaired) electrons. The van der Waals surface area contributed by atoms with Crippen molar-refractivity contribution >= 4 is 29.4 Å². The molecule has 104 valence electrons. The highest BCUT2D eigenvalue weighted by atomic mass is 32.1. The van der Waals surface area contributed by atoms with Crippen molar-refractivity contribution in [2.45, 2.75) is 12.8 Å². The Morgan fingerprint density at radius 3 is 3.00 bits per heavy atom. The monoisotopic (exact) mass is 283 g/mol. The summed E-state index contributed by atoms with van der Waals surface area (Å²) in [6.07, 6.45) is 2.04. The van der Waals surface area contributed by atoms with E-state index in [1.165, 1.54) is 11.3 Å². The third-order valence-electron chi connectivity index (χ3n) is 2.09. The molecule has 0 unspecified atom stereocenters. The van der Waals surface area contributed by atoms with E-state index in [9.17, 15) is 9.59 Å². The van der Waals surface area contributed by atoms with Crippen molar-refractivity contribution in [1.82, 2.24) is 10.7 Å². The first-order valence-corrected chi connectivity index (χ1v) is 6.71. The molecule has 19 heavy (non-hydrogen) atoms. The van der Waals surface area contributed by atoms with Crippen LogP contribution in [0.3, 0.4) is 0 Å². The Labute approximate surface area is 115 Å². The van der Waals surface area contributed by atoms with Crippen LogP contribution in [0.4, 0.5) is 0 Å². The lowest BCUT2D eigenvalue weighted by molar-refractivity contribution is -0.129. The lowest BCUT2D eigenvalue weighted by atomic mass is 10.3. The number of thiophene rings is 1. The number of ether oxygens (including phenoxy) is 1. The number of hydrazone groups is 1. The summed E-state index contributed by atoms with van der Waals surface area (Å²) < 4.78 is 4.84. The fraction of sp³-hybridized carbons (Fsp3) is 0.417. The Hall–Kier alpha value is -1.73. The molecule has 1 aromatic rings. The first-order valence-electron chi connectivity index (χ1n) is 5.83. The fourth-order valence-corrected chi connectivity index (χ4v) is 1.81. The SMILES string of the molecule is COCCCNC(=O)CC(=O)N/N=C\c1cccs1. The molecular formula is C12H17N3O3S. The average Bonchev–Trinajstić information content (AvgIpc) is 2.88. The zero-order chi connectivity index (χ0) is 13.9. The van der Waals surface area contributed by atoms with Gasteiger partial charge in [0.15, 0.2) is 0 Å². The van der Waals surface area contributed by atoms with Gasteiger partial charge < -0.3 is 10.1 Å². The molecule has 0 bridgehead atoms. The molecule has 0 spiro atoms. The quantitative estimate of drug-likeness (QED) is 0.320. The second-order valence-electron chi connectivity index (χ2n) is 3.68. The van der Waals surface area contributed by atoms with Gasteiger partial charge in [-0.25, -0.2) is 5.43 Å². The van der Waals surface area contributed by atoms with E-state index in [0.29, 0.717) is 13.2 Å². The van der Waals surface area contributed by atoms with Crippen LogP contribution in [0.5, 0.6) is 0 Å². The van der Waals surface area contributed by atoms with E-state index in [1.54, 1.807) is 13.3 Å². The molecule has 2 amide bonds. The third-order valence-corrected chi connectivity index (χ3v) is 2.90. The number of rotatable bonds is 8. The minimum atomic E-state index is -0.433. The molecule has 0 aliphatic heterocycles. The van der Waals surface area contributed by atoms with Crippen molar-refractivity contribution in [2.75, 3.05) is 20.3 Å². The average molecular weight is 283 g/mol. The van der Waals surface area contributed by atoms with E-state index in [4.69, 9.17) is 4.74 Å². The first kappa shape index (κ1) is 15.3. The number of methoxy groups -OCH3 is 1. The van der Waals surface area contributed by atoms with Crippen molar-refractivity contribution in [3.63, 3.8) is 0 Å². The van der Waals surface area contributed by atoms with Gasteiger partial charge in [-0.15, -0.1) is 11.3 Å². The molecule has 0 atom stereocenters. The summed E-state index contributed by atoms with van der Waals surface area (Å²) in [7, 11) is 1.60. The van der Waals surface area contributed by atoms with Crippen LogP contribution in [-0.4, -0.2) is 38.3 Å². The highest BCUT2D eigenvalue weighted by Gasteiger charge is 2.07. The maximum absolute atomic E-state index is 11.4. The van der Waals surface area contributed by atoms with Crippen LogP contribution in [0.2, 0.25) is 0 Å². The molecule has 1 rings (SSSR count). The number of nitrogens with one attached hydrogen (secondary N) is 2. The molecule has 1 heterocycles. The van der Waals surface area contributed by atoms with E-state index < -0.39 is 5.91 Å². The normalized spacial score (nSPS) is 10.6. The van der Waals surface area contributed by atoms with Crippen LogP contribution < -0.4 is 10.7 Å². The zero-order valence-electron chi connectivity index (χ0n) is 10.7. The van der Waals surface area contributed by atoms with Gasteiger partial charge >= 0.3 is 0 Å². The summed E-state index contributed by atoms with van der Waals surface area (Å²) in [5, 5.41) is 8.30. The van der Waals surface area contributed by atoms with Gasteiger partial charge in [-0.1, -0.05) is 6.07 Å². The van der Waals surface area contributed by atoms with Gasteiger partial charge in [0, 0.05) is 25.1 Å². The van der Waals surface area contributed by atoms with Crippen LogP contribution in [0.1, 0.15) is 17.7 Å². The van der Waals surface area contributed by atoms with E-state index in [2.05, 4.69) is 15.8 Å². The van der Waals surface area contributed by atoms with Crippen LogP contribution >= 0.6 is 11.3 Å². The summed E-state index contributed by atoms with van der Waals surface area (Å²) >= 11 is 1.51. The number of carbonyl (C=O) groups excluding carboxylic acids is 2. The van der Waals surface area contributed by atoms with Crippen molar-refractivity contribution in [3.05, 3.63) is 22.4 Å². The molecule has 0 aliphatic carbocycles. The summed E-state index contributed by atoms with van der Waals surface area (Å²) in [5.41, 5.74) is 2.31. The maximum atomic E-state index is 11.4. The molecule has 0 fully saturated rings. The number of carbonyl (C=O) groups is 2. The highest BCUT2D eigenvalue weighted by Crippen LogP contribution is 2.03. The lowest BCUT2D eigenvalue weighted by Gasteiger charge is -2.03. The molecule has 1 aromatic heterocycles. The predicted octanol–water partition coefficient (Wildman–Crippen LogP) is 0.741. The number of amides is 2. The van der Waals surface area contributed by atoms with Crippen LogP contribution in [-0.2, 0) is 14.3 Å². The lowest BCUT2D eigenvalue weighted by Crippen LogP contribution is -2.30. The van der Waals surface area contributed by atoms with Gasteiger partial charge in [0.05, 0.1) is 6.21 Å². The van der Waals surface area contributed by atoms with Crippen molar-refractivity contribution < 1.29 is 14.3 Å². The Kier molecular flexibility index (Phi) is 7.45. The van der Waals surface area contributed by atoms with Crippen LogP contribution in [0.15, 0.2) is 22.6 Å². The summed E-state index contributed by atoms with van der Waals surface area (Å²) in [6, 6.07) is 3.77. The van der Waals surface area contributed by atoms with Gasteiger partial charge in [-0.2, -0.15) is 5.10 Å². The first-order chi connectivity index (χ1) is 9.22. The molecular weight excluding hydrogens is 266 g/mol. The largest absolute Gasteiger partial charge is 0.385 e. The molecule has 7 heteroatoms. The molecule has 0 saturated carbocycles. The van der Waals surface area contributed by atoms with Gasteiger partial charge in [0.2, 0.25) is 11.8 Å². The van der Waals surface area contributed by atoms with Crippen molar-refractivity contribution in [2.24, 2.45) is 5.10 Å². The second-order valence-corrected chi connectivity index (χ2v) is 4.66. The third kappa shape index (κ3) is 7.32. The molecule has 0 saturated heterocycles. The Morgan fingerprint density at radius 1 is 1.47 bits per heavy atom. The van der Waals surface area contributed by atoms with Gasteiger partial charge in [-0.05, 0) is 17.9 Å². The standard InChI is InChI=1S/C12H17N3O3S/c1-18-6-3-5-13-11(16)8-12(17)15-14-9-10-4-2-7-19-10/h2,4,7,9H,3,5-6,8H2,1H3,(H,13,16)(H,15,17)/b14-9-. The van der Waals surface area contributed by atoms with Crippen molar-refractivity contribution in [1.29, 1.82) is 0 Å². The Morgan fingerprint density at radius 2 is 2.32 bits per heavy atom. The molecule has 6 nitrogen and oxygen atoms in total. The minimum absolute atomic E-state index is 0.227. The topological polar surface area (TPSA) is 79.8 Å². The van der Waals surface area contributed by atoms with E-state index in [1.807, 2.05) is 17.5 Å². The Bertz CT molecular complexity index is 418. The van der Waals surface area contributed by atoms with Gasteiger partial charge in [0.25, 0.3) is 0 Å². The zero-order valence-corrected chi connectivity index (χ0v) is 11.5. The van der Waals surface area contributed by atoms with Gasteiger partial charge in [0.1, 0.15) is 6.42 Å².